The van der Waals surface area contributed by atoms with Gasteiger partial charge < -0.3 is 15.5 Å². The number of anilines is 2. The summed E-state index contributed by atoms with van der Waals surface area (Å²) in [7, 11) is 0. The van der Waals surface area contributed by atoms with Gasteiger partial charge >= 0.3 is 6.03 Å². The first-order chi connectivity index (χ1) is 11.1. The van der Waals surface area contributed by atoms with Gasteiger partial charge in [-0.3, -0.25) is 4.79 Å². The number of halogens is 1. The first-order valence-corrected chi connectivity index (χ1v) is 7.70. The summed E-state index contributed by atoms with van der Waals surface area (Å²) >= 11 is 5.87. The molecule has 3 amide bonds. The van der Waals surface area contributed by atoms with E-state index in [1.807, 2.05) is 24.3 Å². The number of carbonyl (C=O) groups is 2. The molecule has 0 unspecified atom stereocenters. The maximum absolute atomic E-state index is 12.0. The van der Waals surface area contributed by atoms with Crippen LogP contribution in [0, 0.1) is 0 Å². The molecule has 23 heavy (non-hydrogen) atoms. The number of amides is 3. The molecular weight excluding hydrogens is 314 g/mol. The van der Waals surface area contributed by atoms with Crippen LogP contribution in [-0.4, -0.2) is 25.0 Å². The van der Waals surface area contributed by atoms with Gasteiger partial charge in [0.15, 0.2) is 0 Å². The van der Waals surface area contributed by atoms with Crippen molar-refractivity contribution in [1.29, 1.82) is 0 Å². The minimum Gasteiger partial charge on any atom is -0.336 e. The van der Waals surface area contributed by atoms with Gasteiger partial charge in [-0.25, -0.2) is 4.79 Å². The fraction of sp³-hybridized carbons (Fsp3) is 0.176. The van der Waals surface area contributed by atoms with Crippen LogP contribution in [0.4, 0.5) is 16.2 Å². The van der Waals surface area contributed by atoms with Gasteiger partial charge in [0, 0.05) is 29.5 Å². The van der Waals surface area contributed by atoms with Crippen molar-refractivity contribution in [3.63, 3.8) is 0 Å². The molecule has 6 heteroatoms. The second kappa shape index (κ2) is 6.71. The Hall–Kier alpha value is -2.53. The Balaban J connectivity index is 1.52. The van der Waals surface area contributed by atoms with Crippen molar-refractivity contribution >= 4 is 34.9 Å². The van der Waals surface area contributed by atoms with Crippen LogP contribution in [0.15, 0.2) is 48.5 Å². The van der Waals surface area contributed by atoms with Gasteiger partial charge in [0.05, 0.1) is 6.42 Å². The molecule has 3 rings (SSSR count). The highest BCUT2D eigenvalue weighted by Gasteiger charge is 2.26. The minimum absolute atomic E-state index is 0.0586. The molecule has 2 aromatic rings. The second-order valence-electron chi connectivity index (χ2n) is 5.24. The first kappa shape index (κ1) is 15.4. The molecule has 0 saturated carbocycles. The highest BCUT2D eigenvalue weighted by molar-refractivity contribution is 6.30. The summed E-state index contributed by atoms with van der Waals surface area (Å²) in [6, 6.07) is 14.3. The molecule has 0 radical (unpaired) electrons. The number of benzene rings is 2. The van der Waals surface area contributed by atoms with Gasteiger partial charge in [0.2, 0.25) is 5.91 Å². The smallest absolute Gasteiger partial charge is 0.319 e. The number of para-hydroxylation sites is 1. The standard InChI is InChI=1S/C17H16ClN3O2/c18-13-5-3-6-14(11-13)20-17(23)19-8-9-21-15-7-2-1-4-12(15)10-16(21)22/h1-7,11H,8-10H2,(H2,19,20,23). The van der Waals surface area contributed by atoms with E-state index in [9.17, 15) is 9.59 Å². The summed E-state index contributed by atoms with van der Waals surface area (Å²) in [6.45, 7) is 0.811. The summed E-state index contributed by atoms with van der Waals surface area (Å²) in [4.78, 5) is 25.6. The number of nitrogens with zero attached hydrogens (tertiary/aromatic N) is 1. The predicted octanol–water partition coefficient (Wildman–Crippen LogP) is 3.05. The lowest BCUT2D eigenvalue weighted by molar-refractivity contribution is -0.117. The van der Waals surface area contributed by atoms with Crippen LogP contribution in [0.1, 0.15) is 5.56 Å². The highest BCUT2D eigenvalue weighted by atomic mass is 35.5. The zero-order valence-corrected chi connectivity index (χ0v) is 13.1. The van der Waals surface area contributed by atoms with Crippen molar-refractivity contribution < 1.29 is 9.59 Å². The molecule has 1 aliphatic rings. The van der Waals surface area contributed by atoms with E-state index in [2.05, 4.69) is 10.6 Å². The summed E-state index contributed by atoms with van der Waals surface area (Å²) in [5, 5.41) is 6.00. The molecule has 1 heterocycles. The number of hydrogen-bond donors (Lipinski definition) is 2. The molecule has 2 N–H and O–H groups in total. The van der Waals surface area contributed by atoms with Crippen molar-refractivity contribution in [2.24, 2.45) is 0 Å². The number of hydrogen-bond acceptors (Lipinski definition) is 2. The lowest BCUT2D eigenvalue weighted by atomic mass is 10.2. The maximum Gasteiger partial charge on any atom is 0.319 e. The van der Waals surface area contributed by atoms with E-state index in [0.29, 0.717) is 30.2 Å². The van der Waals surface area contributed by atoms with Crippen LogP contribution < -0.4 is 15.5 Å². The molecule has 0 fully saturated rings. The van der Waals surface area contributed by atoms with Gasteiger partial charge in [-0.2, -0.15) is 0 Å². The van der Waals surface area contributed by atoms with Crippen LogP contribution in [0.3, 0.4) is 0 Å². The molecule has 0 bridgehead atoms. The molecule has 118 valence electrons. The normalized spacial score (nSPS) is 12.9. The van der Waals surface area contributed by atoms with Crippen LogP contribution in [0.2, 0.25) is 5.02 Å². The summed E-state index contributed by atoms with van der Waals surface area (Å²) < 4.78 is 0. The fourth-order valence-electron chi connectivity index (χ4n) is 2.58. The largest absolute Gasteiger partial charge is 0.336 e. The molecule has 0 spiro atoms. The fourth-order valence-corrected chi connectivity index (χ4v) is 2.77. The zero-order valence-electron chi connectivity index (χ0n) is 12.4. The Morgan fingerprint density at radius 2 is 2.00 bits per heavy atom. The summed E-state index contributed by atoms with van der Waals surface area (Å²) in [5.74, 6) is 0.0586. The van der Waals surface area contributed by atoms with Crippen molar-refractivity contribution in [2.45, 2.75) is 6.42 Å². The molecule has 0 saturated heterocycles. The lowest BCUT2D eigenvalue weighted by Crippen LogP contribution is -2.38. The highest BCUT2D eigenvalue weighted by Crippen LogP contribution is 2.27. The van der Waals surface area contributed by atoms with Crippen molar-refractivity contribution in [3.05, 3.63) is 59.1 Å². The first-order valence-electron chi connectivity index (χ1n) is 7.32. The minimum atomic E-state index is -0.327. The van der Waals surface area contributed by atoms with E-state index >= 15 is 0 Å². The average Bonchev–Trinajstić information content (AvgIpc) is 2.83. The molecule has 5 nitrogen and oxygen atoms in total. The van der Waals surface area contributed by atoms with Gasteiger partial charge in [0.1, 0.15) is 0 Å². The number of fused-ring (bicyclic) bond motifs is 1. The van der Waals surface area contributed by atoms with Crippen molar-refractivity contribution in [3.8, 4) is 0 Å². The second-order valence-corrected chi connectivity index (χ2v) is 5.68. The Morgan fingerprint density at radius 3 is 2.83 bits per heavy atom. The van der Waals surface area contributed by atoms with Crippen molar-refractivity contribution in [2.75, 3.05) is 23.3 Å². The number of rotatable bonds is 4. The third kappa shape index (κ3) is 3.63. The molecule has 1 aliphatic heterocycles. The average molecular weight is 330 g/mol. The zero-order chi connectivity index (χ0) is 16.2. The summed E-state index contributed by atoms with van der Waals surface area (Å²) in [6.07, 6.45) is 0.422. The molecular formula is C17H16ClN3O2. The maximum atomic E-state index is 12.0. The topological polar surface area (TPSA) is 61.4 Å². The van der Waals surface area contributed by atoms with Crippen molar-refractivity contribution in [1.82, 2.24) is 5.32 Å². The number of nitrogens with one attached hydrogen (secondary N) is 2. The van der Waals surface area contributed by atoms with Gasteiger partial charge in [-0.1, -0.05) is 35.9 Å². The van der Waals surface area contributed by atoms with Crippen LogP contribution in [0.25, 0.3) is 0 Å². The molecule has 0 aliphatic carbocycles. The molecule has 0 aromatic heterocycles. The van der Waals surface area contributed by atoms with E-state index in [-0.39, 0.29) is 11.9 Å². The van der Waals surface area contributed by atoms with Gasteiger partial charge in [-0.05, 0) is 29.8 Å². The number of urea groups is 1. The van der Waals surface area contributed by atoms with Crippen LogP contribution in [0.5, 0.6) is 0 Å². The third-order valence-corrected chi connectivity index (χ3v) is 3.86. The Labute approximate surface area is 139 Å². The molecule has 0 atom stereocenters. The summed E-state index contributed by atoms with van der Waals surface area (Å²) in [5.41, 5.74) is 2.58. The van der Waals surface area contributed by atoms with E-state index in [1.54, 1.807) is 29.2 Å². The van der Waals surface area contributed by atoms with E-state index < -0.39 is 0 Å². The monoisotopic (exact) mass is 329 g/mol. The predicted molar refractivity (Wildman–Crippen MR) is 91.0 cm³/mol. The lowest BCUT2D eigenvalue weighted by Gasteiger charge is -2.17. The number of carbonyl (C=O) groups excluding carboxylic acids is 2. The van der Waals surface area contributed by atoms with Crippen LogP contribution >= 0.6 is 11.6 Å². The third-order valence-electron chi connectivity index (χ3n) is 3.63. The van der Waals surface area contributed by atoms with E-state index in [4.69, 9.17) is 11.6 Å². The molecule has 2 aromatic carbocycles. The van der Waals surface area contributed by atoms with Gasteiger partial charge in [-0.15, -0.1) is 0 Å². The Morgan fingerprint density at radius 1 is 1.17 bits per heavy atom. The Bertz CT molecular complexity index is 748. The van der Waals surface area contributed by atoms with Gasteiger partial charge in [0.25, 0.3) is 0 Å². The quantitative estimate of drug-likeness (QED) is 0.905. The SMILES string of the molecule is O=C(NCCN1C(=O)Cc2ccccc21)Nc1cccc(Cl)c1. The van der Waals surface area contributed by atoms with E-state index in [0.717, 1.165) is 11.3 Å². The Kier molecular flexibility index (Phi) is 4.48. The van der Waals surface area contributed by atoms with Crippen LogP contribution in [-0.2, 0) is 11.2 Å². The van der Waals surface area contributed by atoms with E-state index in [1.165, 1.54) is 0 Å².